The van der Waals surface area contributed by atoms with Gasteiger partial charge in [-0.1, -0.05) is 71.8 Å². The van der Waals surface area contributed by atoms with E-state index in [1.807, 2.05) is 50.2 Å². The fourth-order valence-corrected chi connectivity index (χ4v) is 7.32. The summed E-state index contributed by atoms with van der Waals surface area (Å²) in [5, 5.41) is 0. The van der Waals surface area contributed by atoms with E-state index in [-0.39, 0.29) is 17.3 Å². The van der Waals surface area contributed by atoms with Gasteiger partial charge < -0.3 is 4.90 Å². The number of nitrogens with zero attached hydrogens (tertiary/aromatic N) is 2. The van der Waals surface area contributed by atoms with Gasteiger partial charge in [-0.3, -0.25) is 9.59 Å². The third kappa shape index (κ3) is 3.30. The molecule has 0 saturated carbocycles. The molecule has 3 aromatic rings. The molecular weight excluding hydrogens is 472 g/mol. The number of para-hydroxylation sites is 1. The number of anilines is 1. The van der Waals surface area contributed by atoms with Crippen molar-refractivity contribution >= 4 is 27.4 Å². The van der Waals surface area contributed by atoms with Gasteiger partial charge in [-0.25, -0.2) is 8.42 Å². The number of sulfonamides is 1. The molecule has 2 aliphatic rings. The molecule has 0 N–H and O–H groups in total. The fourth-order valence-electron chi connectivity index (χ4n) is 5.67. The predicted molar refractivity (Wildman–Crippen MR) is 140 cm³/mol. The summed E-state index contributed by atoms with van der Waals surface area (Å²) < 4.78 is 29.3. The summed E-state index contributed by atoms with van der Waals surface area (Å²) in [6.45, 7) is 7.73. The molecule has 1 saturated heterocycles. The predicted octanol–water partition coefficient (Wildman–Crippen LogP) is 4.28. The molecule has 0 unspecified atom stereocenters. The second-order valence-corrected chi connectivity index (χ2v) is 11.5. The van der Waals surface area contributed by atoms with Crippen LogP contribution < -0.4 is 4.90 Å². The molecule has 0 aromatic heterocycles. The van der Waals surface area contributed by atoms with E-state index in [0.717, 1.165) is 11.1 Å². The third-order valence-electron chi connectivity index (χ3n) is 7.55. The van der Waals surface area contributed by atoms with Crippen LogP contribution in [0.3, 0.4) is 0 Å². The number of ketones is 1. The molecule has 2 heterocycles. The molecule has 1 spiro atoms. The highest BCUT2D eigenvalue weighted by atomic mass is 32.2. The number of aryl methyl sites for hydroxylation is 2. The van der Waals surface area contributed by atoms with Crippen LogP contribution in [0.25, 0.3) is 0 Å². The summed E-state index contributed by atoms with van der Waals surface area (Å²) in [5.41, 5.74) is 2.15. The summed E-state index contributed by atoms with van der Waals surface area (Å²) in [6, 6.07) is 19.6. The van der Waals surface area contributed by atoms with Crippen LogP contribution in [0, 0.1) is 19.8 Å². The van der Waals surface area contributed by atoms with Gasteiger partial charge in [0.15, 0.2) is 5.78 Å². The number of likely N-dealkylation sites (N-methyl/N-ethyl adjacent to an activating group) is 1. The Hall–Kier alpha value is -3.55. The van der Waals surface area contributed by atoms with Crippen molar-refractivity contribution in [2.45, 2.75) is 30.2 Å². The molecule has 7 heteroatoms. The molecule has 184 valence electrons. The first-order valence-corrected chi connectivity index (χ1v) is 13.3. The van der Waals surface area contributed by atoms with Crippen molar-refractivity contribution in [3.63, 3.8) is 0 Å². The number of fused-ring (bicyclic) bond motifs is 2. The smallest absolute Gasteiger partial charge is 0.243 e. The lowest BCUT2D eigenvalue weighted by Crippen LogP contribution is -2.55. The SMILES string of the molecule is C=C[C@@H]1CN(S(=O)(=O)c2ccc(C)cc2)[C@@H](C(=O)c2ccc(C)cc2)[C@]12C(=O)N(C)c1ccccc12. The normalized spacial score (nSPS) is 23.8. The maximum absolute atomic E-state index is 14.3. The molecule has 0 aliphatic carbocycles. The molecule has 5 rings (SSSR count). The molecule has 3 atom stereocenters. The van der Waals surface area contributed by atoms with E-state index >= 15 is 0 Å². The highest BCUT2D eigenvalue weighted by molar-refractivity contribution is 7.89. The molecule has 0 bridgehead atoms. The number of hydrogen-bond acceptors (Lipinski definition) is 4. The van der Waals surface area contributed by atoms with E-state index in [1.165, 1.54) is 9.21 Å². The van der Waals surface area contributed by atoms with Crippen molar-refractivity contribution in [1.29, 1.82) is 0 Å². The molecule has 36 heavy (non-hydrogen) atoms. The van der Waals surface area contributed by atoms with Crippen molar-refractivity contribution in [2.24, 2.45) is 5.92 Å². The Kier molecular flexibility index (Phi) is 5.73. The van der Waals surface area contributed by atoms with E-state index in [2.05, 4.69) is 6.58 Å². The zero-order valence-corrected chi connectivity index (χ0v) is 21.3. The fraction of sp³-hybridized carbons (Fsp3) is 0.241. The summed E-state index contributed by atoms with van der Waals surface area (Å²) in [5.74, 6) is -1.31. The minimum atomic E-state index is -4.12. The molecule has 6 nitrogen and oxygen atoms in total. The third-order valence-corrected chi connectivity index (χ3v) is 9.39. The molecular formula is C29H28N2O4S. The number of carbonyl (C=O) groups excluding carboxylic acids is 2. The topological polar surface area (TPSA) is 74.8 Å². The van der Waals surface area contributed by atoms with Gasteiger partial charge in [0.25, 0.3) is 0 Å². The zero-order chi connectivity index (χ0) is 25.8. The van der Waals surface area contributed by atoms with E-state index < -0.39 is 33.2 Å². The van der Waals surface area contributed by atoms with Gasteiger partial charge in [0.05, 0.1) is 4.90 Å². The van der Waals surface area contributed by atoms with Gasteiger partial charge in [0.2, 0.25) is 15.9 Å². The monoisotopic (exact) mass is 500 g/mol. The molecule has 0 radical (unpaired) electrons. The molecule has 1 fully saturated rings. The number of amides is 1. The number of Topliss-reactive ketones (excluding diaryl/α,β-unsaturated/α-hetero) is 1. The van der Waals surface area contributed by atoms with E-state index in [4.69, 9.17) is 0 Å². The Balaban J connectivity index is 1.78. The number of rotatable bonds is 5. The Labute approximate surface area is 211 Å². The largest absolute Gasteiger partial charge is 0.314 e. The van der Waals surface area contributed by atoms with Crippen LogP contribution in [0.5, 0.6) is 0 Å². The molecule has 3 aromatic carbocycles. The van der Waals surface area contributed by atoms with Crippen LogP contribution in [0.1, 0.15) is 27.0 Å². The standard InChI is InChI=1S/C29H28N2O4S/c1-5-22-18-31(36(34,35)23-16-12-20(3)13-17-23)27(26(32)21-14-10-19(2)11-15-21)29(22)24-8-6-7-9-25(24)30(4)28(29)33/h5-17,22,27H,1,18H2,2-4H3/t22-,27+,29+/m1/s1. The van der Waals surface area contributed by atoms with E-state index in [1.54, 1.807) is 49.5 Å². The van der Waals surface area contributed by atoms with Crippen LogP contribution in [-0.4, -0.2) is 44.0 Å². The van der Waals surface area contributed by atoms with Gasteiger partial charge in [-0.05, 0) is 37.6 Å². The van der Waals surface area contributed by atoms with Crippen molar-refractivity contribution in [3.8, 4) is 0 Å². The van der Waals surface area contributed by atoms with Crippen LogP contribution in [-0.2, 0) is 20.2 Å². The van der Waals surface area contributed by atoms with E-state index in [0.29, 0.717) is 16.8 Å². The lowest BCUT2D eigenvalue weighted by Gasteiger charge is -2.35. The van der Waals surface area contributed by atoms with Crippen LogP contribution >= 0.6 is 0 Å². The van der Waals surface area contributed by atoms with Crippen molar-refractivity contribution in [3.05, 3.63) is 108 Å². The highest BCUT2D eigenvalue weighted by Gasteiger charge is 2.68. The average molecular weight is 501 g/mol. The Morgan fingerprint density at radius 2 is 1.56 bits per heavy atom. The van der Waals surface area contributed by atoms with Crippen molar-refractivity contribution in [1.82, 2.24) is 4.31 Å². The Bertz CT molecular complexity index is 1480. The van der Waals surface area contributed by atoms with Gasteiger partial charge in [0.1, 0.15) is 11.5 Å². The summed E-state index contributed by atoms with van der Waals surface area (Å²) in [6.07, 6.45) is 1.62. The maximum Gasteiger partial charge on any atom is 0.243 e. The summed E-state index contributed by atoms with van der Waals surface area (Å²) >= 11 is 0. The second kappa shape index (κ2) is 8.54. The zero-order valence-electron chi connectivity index (χ0n) is 20.5. The number of hydrogen-bond donors (Lipinski definition) is 0. The first-order chi connectivity index (χ1) is 17.1. The van der Waals surface area contributed by atoms with Gasteiger partial charge in [0, 0.05) is 30.8 Å². The maximum atomic E-state index is 14.3. The van der Waals surface area contributed by atoms with Crippen molar-refractivity contribution in [2.75, 3.05) is 18.5 Å². The van der Waals surface area contributed by atoms with Crippen LogP contribution in [0.4, 0.5) is 5.69 Å². The molecule has 1 amide bonds. The lowest BCUT2D eigenvalue weighted by atomic mass is 9.67. The quantitative estimate of drug-likeness (QED) is 0.387. The first kappa shape index (κ1) is 24.2. The van der Waals surface area contributed by atoms with Gasteiger partial charge in [-0.15, -0.1) is 6.58 Å². The van der Waals surface area contributed by atoms with Gasteiger partial charge >= 0.3 is 0 Å². The molecule has 2 aliphatic heterocycles. The minimum Gasteiger partial charge on any atom is -0.314 e. The first-order valence-electron chi connectivity index (χ1n) is 11.8. The minimum absolute atomic E-state index is 0.0319. The summed E-state index contributed by atoms with van der Waals surface area (Å²) in [4.78, 5) is 30.0. The Morgan fingerprint density at radius 3 is 2.17 bits per heavy atom. The average Bonchev–Trinajstić information content (AvgIpc) is 3.34. The van der Waals surface area contributed by atoms with Crippen LogP contribution in [0.15, 0.2) is 90.3 Å². The summed E-state index contributed by atoms with van der Waals surface area (Å²) in [7, 11) is -2.45. The Morgan fingerprint density at radius 1 is 0.972 bits per heavy atom. The highest BCUT2D eigenvalue weighted by Crippen LogP contribution is 2.55. The second-order valence-electron chi connectivity index (χ2n) is 9.61. The number of carbonyl (C=O) groups is 2. The van der Waals surface area contributed by atoms with Crippen molar-refractivity contribution < 1.29 is 18.0 Å². The van der Waals surface area contributed by atoms with Crippen LogP contribution in [0.2, 0.25) is 0 Å². The number of benzene rings is 3. The van der Waals surface area contributed by atoms with E-state index in [9.17, 15) is 18.0 Å². The lowest BCUT2D eigenvalue weighted by molar-refractivity contribution is -0.124. The van der Waals surface area contributed by atoms with Gasteiger partial charge in [-0.2, -0.15) is 4.31 Å².